The topological polar surface area (TPSA) is 42.1 Å². The molecule has 3 heteroatoms. The van der Waals surface area contributed by atoms with Crippen molar-refractivity contribution in [3.8, 4) is 0 Å². The van der Waals surface area contributed by atoms with Gasteiger partial charge in [0.25, 0.3) is 0 Å². The van der Waals surface area contributed by atoms with Crippen molar-refractivity contribution >= 4 is 5.82 Å². The van der Waals surface area contributed by atoms with Crippen molar-refractivity contribution < 1.29 is 0 Å². The molecule has 0 fully saturated rings. The second-order valence-corrected chi connectivity index (χ2v) is 4.29. The van der Waals surface area contributed by atoms with Crippen molar-refractivity contribution in [2.75, 3.05) is 11.9 Å². The van der Waals surface area contributed by atoms with Crippen molar-refractivity contribution in [2.24, 2.45) is 5.73 Å². The maximum Gasteiger partial charge on any atom is 0.133 e. The summed E-state index contributed by atoms with van der Waals surface area (Å²) in [4.78, 5) is 6.74. The molecule has 2 N–H and O–H groups in total. The van der Waals surface area contributed by atoms with Crippen molar-refractivity contribution in [1.82, 2.24) is 4.98 Å². The molecule has 0 spiro atoms. The average Bonchev–Trinajstić information content (AvgIpc) is 2.15. The third-order valence-electron chi connectivity index (χ3n) is 2.77. The van der Waals surface area contributed by atoms with Crippen molar-refractivity contribution in [2.45, 2.75) is 40.3 Å². The fourth-order valence-corrected chi connectivity index (χ4v) is 1.63. The predicted octanol–water partition coefficient (Wildman–Crippen LogP) is 2.00. The summed E-state index contributed by atoms with van der Waals surface area (Å²) in [7, 11) is 2.06. The molecule has 1 aromatic rings. The summed E-state index contributed by atoms with van der Waals surface area (Å²) < 4.78 is 0. The van der Waals surface area contributed by atoms with E-state index in [4.69, 9.17) is 5.73 Å². The van der Waals surface area contributed by atoms with Gasteiger partial charge in [-0.3, -0.25) is 0 Å². The molecule has 0 aromatic carbocycles. The molecule has 0 bridgehead atoms. The monoisotopic (exact) mass is 207 g/mol. The van der Waals surface area contributed by atoms with Gasteiger partial charge in [-0.1, -0.05) is 0 Å². The van der Waals surface area contributed by atoms with E-state index in [-0.39, 0.29) is 0 Å². The van der Waals surface area contributed by atoms with E-state index in [1.807, 2.05) is 6.92 Å². The summed E-state index contributed by atoms with van der Waals surface area (Å²) in [6.07, 6.45) is 0. The zero-order valence-electron chi connectivity index (χ0n) is 10.3. The zero-order chi connectivity index (χ0) is 11.6. The van der Waals surface area contributed by atoms with Crippen LogP contribution in [0.25, 0.3) is 0 Å². The molecule has 0 radical (unpaired) electrons. The lowest BCUT2D eigenvalue weighted by Gasteiger charge is -2.26. The maximum absolute atomic E-state index is 5.77. The van der Waals surface area contributed by atoms with Crippen LogP contribution in [0.5, 0.6) is 0 Å². The van der Waals surface area contributed by atoms with Crippen LogP contribution in [0.4, 0.5) is 5.82 Å². The van der Waals surface area contributed by atoms with Crippen LogP contribution in [-0.4, -0.2) is 18.1 Å². The largest absolute Gasteiger partial charge is 0.357 e. The highest BCUT2D eigenvalue weighted by atomic mass is 15.2. The Hall–Kier alpha value is -1.09. The summed E-state index contributed by atoms with van der Waals surface area (Å²) in [6.45, 7) is 8.96. The van der Waals surface area contributed by atoms with Crippen LogP contribution in [0.3, 0.4) is 0 Å². The Morgan fingerprint density at radius 3 is 2.47 bits per heavy atom. The van der Waals surface area contributed by atoms with Gasteiger partial charge in [0.2, 0.25) is 0 Å². The fourth-order valence-electron chi connectivity index (χ4n) is 1.63. The molecule has 84 valence electrons. The number of hydrogen-bond donors (Lipinski definition) is 1. The standard InChI is InChI=1S/C12H21N3/c1-8(2)15(5)12-11(7-13)9(3)6-10(4)14-12/h6,8H,7,13H2,1-5H3. The molecular formula is C12H21N3. The number of rotatable bonds is 3. The minimum absolute atomic E-state index is 0.434. The summed E-state index contributed by atoms with van der Waals surface area (Å²) in [5.74, 6) is 1.02. The van der Waals surface area contributed by atoms with Crippen LogP contribution in [-0.2, 0) is 6.54 Å². The number of pyridine rings is 1. The van der Waals surface area contributed by atoms with E-state index >= 15 is 0 Å². The minimum atomic E-state index is 0.434. The highest BCUT2D eigenvalue weighted by Crippen LogP contribution is 2.22. The summed E-state index contributed by atoms with van der Waals surface area (Å²) in [5.41, 5.74) is 9.20. The van der Waals surface area contributed by atoms with Gasteiger partial charge in [0.1, 0.15) is 5.82 Å². The Kier molecular flexibility index (Phi) is 3.69. The van der Waals surface area contributed by atoms with E-state index in [9.17, 15) is 0 Å². The molecule has 0 aliphatic carbocycles. The maximum atomic E-state index is 5.77. The Morgan fingerprint density at radius 1 is 1.40 bits per heavy atom. The third-order valence-corrected chi connectivity index (χ3v) is 2.77. The molecular weight excluding hydrogens is 186 g/mol. The van der Waals surface area contributed by atoms with Crippen LogP contribution in [0.15, 0.2) is 6.07 Å². The van der Waals surface area contributed by atoms with Crippen molar-refractivity contribution in [3.63, 3.8) is 0 Å². The summed E-state index contributed by atoms with van der Waals surface area (Å²) >= 11 is 0. The SMILES string of the molecule is Cc1cc(C)c(CN)c(N(C)C(C)C)n1. The lowest BCUT2D eigenvalue weighted by atomic mass is 10.1. The Balaban J connectivity index is 3.26. The van der Waals surface area contributed by atoms with Gasteiger partial charge in [-0.2, -0.15) is 0 Å². The molecule has 0 unspecified atom stereocenters. The zero-order valence-corrected chi connectivity index (χ0v) is 10.3. The number of aryl methyl sites for hydroxylation is 2. The smallest absolute Gasteiger partial charge is 0.133 e. The first-order chi connectivity index (χ1) is 6.97. The second-order valence-electron chi connectivity index (χ2n) is 4.29. The van der Waals surface area contributed by atoms with Gasteiger partial charge in [0.15, 0.2) is 0 Å². The number of hydrogen-bond acceptors (Lipinski definition) is 3. The highest BCUT2D eigenvalue weighted by molar-refractivity contribution is 5.51. The van der Waals surface area contributed by atoms with Crippen LogP contribution in [0.1, 0.15) is 30.7 Å². The van der Waals surface area contributed by atoms with Crippen LogP contribution in [0, 0.1) is 13.8 Å². The number of nitrogens with two attached hydrogens (primary N) is 1. The summed E-state index contributed by atoms with van der Waals surface area (Å²) in [6, 6.07) is 2.52. The van der Waals surface area contributed by atoms with E-state index in [1.54, 1.807) is 0 Å². The van der Waals surface area contributed by atoms with Crippen LogP contribution < -0.4 is 10.6 Å². The molecule has 3 nitrogen and oxygen atoms in total. The van der Waals surface area contributed by atoms with Gasteiger partial charge in [-0.05, 0) is 39.3 Å². The molecule has 0 saturated heterocycles. The molecule has 1 aromatic heterocycles. The Bertz CT molecular complexity index is 345. The third kappa shape index (κ3) is 2.48. The van der Waals surface area contributed by atoms with Gasteiger partial charge in [-0.15, -0.1) is 0 Å². The van der Waals surface area contributed by atoms with Gasteiger partial charge >= 0.3 is 0 Å². The molecule has 1 heterocycles. The van der Waals surface area contributed by atoms with E-state index in [0.29, 0.717) is 12.6 Å². The van der Waals surface area contributed by atoms with Gasteiger partial charge in [0.05, 0.1) is 0 Å². The first-order valence-corrected chi connectivity index (χ1v) is 5.37. The number of nitrogens with zero attached hydrogens (tertiary/aromatic N) is 2. The average molecular weight is 207 g/mol. The first kappa shape index (κ1) is 12.0. The van der Waals surface area contributed by atoms with Gasteiger partial charge < -0.3 is 10.6 Å². The molecule has 0 atom stereocenters. The van der Waals surface area contributed by atoms with E-state index < -0.39 is 0 Å². The first-order valence-electron chi connectivity index (χ1n) is 5.37. The van der Waals surface area contributed by atoms with Crippen LogP contribution in [0.2, 0.25) is 0 Å². The molecule has 0 aliphatic heterocycles. The number of aromatic nitrogens is 1. The minimum Gasteiger partial charge on any atom is -0.357 e. The molecule has 15 heavy (non-hydrogen) atoms. The normalized spacial score (nSPS) is 10.9. The van der Waals surface area contributed by atoms with Gasteiger partial charge in [0, 0.05) is 30.9 Å². The Morgan fingerprint density at radius 2 is 2.00 bits per heavy atom. The Labute approximate surface area is 92.3 Å². The molecule has 0 aliphatic rings. The molecule has 0 saturated carbocycles. The fraction of sp³-hybridized carbons (Fsp3) is 0.583. The highest BCUT2D eigenvalue weighted by Gasteiger charge is 2.13. The van der Waals surface area contributed by atoms with Crippen LogP contribution >= 0.6 is 0 Å². The lowest BCUT2D eigenvalue weighted by molar-refractivity contribution is 0.733. The van der Waals surface area contributed by atoms with Gasteiger partial charge in [-0.25, -0.2) is 4.98 Å². The second kappa shape index (κ2) is 4.62. The van der Waals surface area contributed by atoms with E-state index in [0.717, 1.165) is 17.1 Å². The summed E-state index contributed by atoms with van der Waals surface area (Å²) in [5, 5.41) is 0. The van der Waals surface area contributed by atoms with E-state index in [2.05, 4.69) is 43.8 Å². The van der Waals surface area contributed by atoms with Crippen molar-refractivity contribution in [3.05, 3.63) is 22.9 Å². The van der Waals surface area contributed by atoms with E-state index in [1.165, 1.54) is 5.56 Å². The predicted molar refractivity (Wildman–Crippen MR) is 65.1 cm³/mol. The quantitative estimate of drug-likeness (QED) is 0.824. The molecule has 0 amide bonds. The van der Waals surface area contributed by atoms with Crippen molar-refractivity contribution in [1.29, 1.82) is 0 Å². The lowest BCUT2D eigenvalue weighted by Crippen LogP contribution is -2.28. The molecule has 1 rings (SSSR count). The number of anilines is 1.